The Hall–Kier alpha value is -2.72. The van der Waals surface area contributed by atoms with Crippen molar-refractivity contribution >= 4 is 16.3 Å². The summed E-state index contributed by atoms with van der Waals surface area (Å²) >= 11 is 0. The second kappa shape index (κ2) is 13.6. The molecule has 2 heterocycles. The molecule has 1 aromatic heterocycles. The van der Waals surface area contributed by atoms with Crippen molar-refractivity contribution in [2.45, 2.75) is 105 Å². The van der Waals surface area contributed by atoms with E-state index in [1.54, 1.807) is 0 Å². The first-order chi connectivity index (χ1) is 18.8. The molecule has 1 aliphatic rings. The molecule has 0 bridgehead atoms. The van der Waals surface area contributed by atoms with Crippen LogP contribution in [0.5, 0.6) is 6.01 Å². The number of nitrogens with zero attached hydrogens (tertiary/aromatic N) is 3. The Kier molecular flexibility index (Phi) is 10.2. The van der Waals surface area contributed by atoms with Crippen molar-refractivity contribution in [1.82, 2.24) is 14.9 Å². The third kappa shape index (κ3) is 6.90. The first-order valence-electron chi connectivity index (χ1n) is 15.3. The lowest BCUT2D eigenvalue weighted by Crippen LogP contribution is -2.30. The number of hydrogen-bond acceptors (Lipinski definition) is 4. The summed E-state index contributed by atoms with van der Waals surface area (Å²) in [5.74, 6) is 0.509. The van der Waals surface area contributed by atoms with Crippen molar-refractivity contribution in [2.24, 2.45) is 5.92 Å². The third-order valence-electron chi connectivity index (χ3n) is 8.67. The molecular weight excluding hydrogens is 478 g/mol. The summed E-state index contributed by atoms with van der Waals surface area (Å²) in [5.41, 5.74) is 7.73. The van der Waals surface area contributed by atoms with Crippen LogP contribution in [0.1, 0.15) is 94.8 Å². The molecule has 210 valence electrons. The molecular formula is C35H49N3O. The van der Waals surface area contributed by atoms with E-state index < -0.39 is 0 Å². The zero-order valence-electron chi connectivity index (χ0n) is 25.4. The molecule has 1 aliphatic heterocycles. The monoisotopic (exact) mass is 527 g/mol. The van der Waals surface area contributed by atoms with Crippen LogP contribution in [-0.4, -0.2) is 40.6 Å². The van der Waals surface area contributed by atoms with Gasteiger partial charge in [-0.25, -0.2) is 0 Å². The SMILES string of the molecule is CCCC[C@H](C)COc1nc(CC)c(CCCCc2cccc3cccc(C)c23)c(C2=CC(C)N(C)C2C)n1. The number of hydrogen-bond donors (Lipinski definition) is 0. The van der Waals surface area contributed by atoms with Crippen molar-refractivity contribution < 1.29 is 4.74 Å². The third-order valence-corrected chi connectivity index (χ3v) is 8.67. The molecule has 0 aliphatic carbocycles. The van der Waals surface area contributed by atoms with Gasteiger partial charge in [0.25, 0.3) is 0 Å². The molecule has 3 atom stereocenters. The Bertz CT molecular complexity index is 1280. The lowest BCUT2D eigenvalue weighted by molar-refractivity contribution is 0.231. The first kappa shape index (κ1) is 29.3. The summed E-state index contributed by atoms with van der Waals surface area (Å²) in [6.45, 7) is 14.2. The number of aromatic nitrogens is 2. The van der Waals surface area contributed by atoms with Crippen LogP contribution in [0.2, 0.25) is 0 Å². The van der Waals surface area contributed by atoms with E-state index in [-0.39, 0.29) is 0 Å². The van der Waals surface area contributed by atoms with Crippen molar-refractivity contribution in [3.8, 4) is 6.01 Å². The fourth-order valence-corrected chi connectivity index (χ4v) is 6.03. The quantitative estimate of drug-likeness (QED) is 0.209. The predicted molar refractivity (Wildman–Crippen MR) is 166 cm³/mol. The van der Waals surface area contributed by atoms with Gasteiger partial charge in [0.05, 0.1) is 18.0 Å². The highest BCUT2D eigenvalue weighted by Crippen LogP contribution is 2.34. The van der Waals surface area contributed by atoms with E-state index in [1.807, 2.05) is 0 Å². The summed E-state index contributed by atoms with van der Waals surface area (Å²) in [4.78, 5) is 12.5. The highest BCUT2D eigenvalue weighted by Gasteiger charge is 2.30. The largest absolute Gasteiger partial charge is 0.463 e. The Morgan fingerprint density at radius 3 is 2.41 bits per heavy atom. The molecule has 0 amide bonds. The van der Waals surface area contributed by atoms with Crippen LogP contribution < -0.4 is 4.74 Å². The average molecular weight is 528 g/mol. The highest BCUT2D eigenvalue weighted by molar-refractivity contribution is 5.88. The average Bonchev–Trinajstić information content (AvgIpc) is 3.20. The van der Waals surface area contributed by atoms with E-state index in [2.05, 4.69) is 96.0 Å². The summed E-state index contributed by atoms with van der Waals surface area (Å²) < 4.78 is 6.22. The molecule has 4 heteroatoms. The Balaban J connectivity index is 1.55. The summed E-state index contributed by atoms with van der Waals surface area (Å²) in [6.07, 6.45) is 11.3. The number of aryl methyl sites for hydroxylation is 3. The molecule has 39 heavy (non-hydrogen) atoms. The van der Waals surface area contributed by atoms with Crippen molar-refractivity contribution in [2.75, 3.05) is 13.7 Å². The molecule has 2 unspecified atom stereocenters. The second-order valence-electron chi connectivity index (χ2n) is 11.7. The van der Waals surface area contributed by atoms with Gasteiger partial charge in [-0.1, -0.05) is 76.1 Å². The molecule has 0 fully saturated rings. The Morgan fingerprint density at radius 1 is 0.974 bits per heavy atom. The van der Waals surface area contributed by atoms with Crippen LogP contribution in [-0.2, 0) is 19.3 Å². The van der Waals surface area contributed by atoms with E-state index in [4.69, 9.17) is 14.7 Å². The van der Waals surface area contributed by atoms with E-state index in [0.29, 0.717) is 30.6 Å². The maximum Gasteiger partial charge on any atom is 0.317 e. The molecule has 4 nitrogen and oxygen atoms in total. The van der Waals surface area contributed by atoms with Crippen LogP contribution in [0.3, 0.4) is 0 Å². The standard InChI is InChI=1S/C35H49N3O/c1-8-10-15-24(3)23-39-35-36-32(9-2)30(34(37-35)31-22-26(5)38(7)27(31)6)21-12-11-17-28-19-14-20-29-18-13-16-25(4)33(28)29/h13-14,16,18-20,22,24,26-27H,8-12,15,17,21,23H2,1-7H3/t24-,26?,27?/m0/s1. The van der Waals surface area contributed by atoms with Gasteiger partial charge in [0.1, 0.15) is 0 Å². The fraction of sp³-hybridized carbons (Fsp3) is 0.543. The maximum atomic E-state index is 6.22. The van der Waals surface area contributed by atoms with Gasteiger partial charge in [0, 0.05) is 12.1 Å². The molecule has 3 aromatic rings. The predicted octanol–water partition coefficient (Wildman–Crippen LogP) is 8.38. The van der Waals surface area contributed by atoms with Crippen molar-refractivity contribution in [3.63, 3.8) is 0 Å². The molecule has 0 saturated heterocycles. The molecule has 0 radical (unpaired) electrons. The lowest BCUT2D eigenvalue weighted by atomic mass is 9.93. The highest BCUT2D eigenvalue weighted by atomic mass is 16.5. The summed E-state index contributed by atoms with van der Waals surface area (Å²) in [6, 6.07) is 14.6. The molecule has 0 saturated carbocycles. The Labute approximate surface area is 236 Å². The first-order valence-corrected chi connectivity index (χ1v) is 15.3. The van der Waals surface area contributed by atoms with Gasteiger partial charge in [-0.15, -0.1) is 0 Å². The van der Waals surface area contributed by atoms with E-state index in [9.17, 15) is 0 Å². The van der Waals surface area contributed by atoms with E-state index in [1.165, 1.54) is 52.3 Å². The number of unbranched alkanes of at least 4 members (excludes halogenated alkanes) is 2. The zero-order valence-corrected chi connectivity index (χ0v) is 25.4. The number of likely N-dealkylation sites (N-methyl/N-ethyl adjacent to an activating group) is 1. The zero-order chi connectivity index (χ0) is 27.9. The van der Waals surface area contributed by atoms with Crippen LogP contribution in [0.15, 0.2) is 42.5 Å². The van der Waals surface area contributed by atoms with Crippen LogP contribution in [0.25, 0.3) is 16.3 Å². The van der Waals surface area contributed by atoms with Gasteiger partial charge in [-0.2, -0.15) is 9.97 Å². The maximum absolute atomic E-state index is 6.22. The van der Waals surface area contributed by atoms with Gasteiger partial charge in [-0.05, 0) is 105 Å². The van der Waals surface area contributed by atoms with Gasteiger partial charge >= 0.3 is 6.01 Å². The number of rotatable bonds is 13. The minimum Gasteiger partial charge on any atom is -0.463 e. The topological polar surface area (TPSA) is 38.2 Å². The minimum absolute atomic E-state index is 0.327. The van der Waals surface area contributed by atoms with Gasteiger partial charge < -0.3 is 4.74 Å². The molecule has 0 spiro atoms. The summed E-state index contributed by atoms with van der Waals surface area (Å²) in [7, 11) is 2.21. The van der Waals surface area contributed by atoms with E-state index in [0.717, 1.165) is 43.5 Å². The molecule has 0 N–H and O–H groups in total. The lowest BCUT2D eigenvalue weighted by Gasteiger charge is -2.23. The Morgan fingerprint density at radius 2 is 1.72 bits per heavy atom. The van der Waals surface area contributed by atoms with E-state index >= 15 is 0 Å². The van der Waals surface area contributed by atoms with Gasteiger partial charge in [0.2, 0.25) is 0 Å². The summed E-state index contributed by atoms with van der Waals surface area (Å²) in [5, 5.41) is 2.77. The number of fused-ring (bicyclic) bond motifs is 1. The van der Waals surface area contributed by atoms with Crippen LogP contribution in [0.4, 0.5) is 0 Å². The molecule has 2 aromatic carbocycles. The normalized spacial score (nSPS) is 18.5. The minimum atomic E-state index is 0.327. The smallest absolute Gasteiger partial charge is 0.317 e. The fourth-order valence-electron chi connectivity index (χ4n) is 6.03. The number of benzene rings is 2. The van der Waals surface area contributed by atoms with Gasteiger partial charge in [-0.3, -0.25) is 4.90 Å². The van der Waals surface area contributed by atoms with Crippen molar-refractivity contribution in [3.05, 3.63) is 70.6 Å². The van der Waals surface area contributed by atoms with Crippen LogP contribution >= 0.6 is 0 Å². The van der Waals surface area contributed by atoms with Crippen LogP contribution in [0, 0.1) is 12.8 Å². The molecule has 4 rings (SSSR count). The van der Waals surface area contributed by atoms with Crippen molar-refractivity contribution in [1.29, 1.82) is 0 Å². The number of ether oxygens (including phenoxy) is 1. The van der Waals surface area contributed by atoms with Gasteiger partial charge in [0.15, 0.2) is 0 Å². The second-order valence-corrected chi connectivity index (χ2v) is 11.7.